The van der Waals surface area contributed by atoms with Gasteiger partial charge in [-0.05, 0) is 54.9 Å². The van der Waals surface area contributed by atoms with Gasteiger partial charge in [0.25, 0.3) is 0 Å². The third kappa shape index (κ3) is 4.29. The largest absolute Gasteiger partial charge is 0.508 e. The van der Waals surface area contributed by atoms with E-state index < -0.39 is 5.82 Å². The van der Waals surface area contributed by atoms with Gasteiger partial charge in [-0.15, -0.1) is 0 Å². The molecule has 0 spiro atoms. The average molecular weight is 435 g/mol. The molecule has 0 aliphatic carbocycles. The van der Waals surface area contributed by atoms with Crippen LogP contribution in [0.4, 0.5) is 27.3 Å². The van der Waals surface area contributed by atoms with E-state index in [4.69, 9.17) is 0 Å². The van der Waals surface area contributed by atoms with E-state index in [0.29, 0.717) is 22.6 Å². The van der Waals surface area contributed by atoms with Crippen molar-refractivity contribution in [2.45, 2.75) is 33.7 Å². The van der Waals surface area contributed by atoms with Crippen LogP contribution in [0.3, 0.4) is 0 Å². The van der Waals surface area contributed by atoms with Crippen LogP contribution >= 0.6 is 0 Å². The molecule has 0 bridgehead atoms. The smallest absolute Gasteiger partial charge is 0.173 e. The SMILES string of the molecule is CCN(CC)Cc1ccc2c(c1)CC(=O)c1c(Nc3cc(O)c(C)cc3F)ccnc1N2. The summed E-state index contributed by atoms with van der Waals surface area (Å²) in [6.07, 6.45) is 1.77. The number of ketones is 1. The molecule has 0 fully saturated rings. The molecule has 6 nitrogen and oxygen atoms in total. The van der Waals surface area contributed by atoms with Gasteiger partial charge in [0.15, 0.2) is 5.78 Å². The summed E-state index contributed by atoms with van der Waals surface area (Å²) in [6.45, 7) is 8.63. The van der Waals surface area contributed by atoms with E-state index in [1.54, 1.807) is 19.2 Å². The molecule has 3 N–H and O–H groups in total. The van der Waals surface area contributed by atoms with E-state index in [1.165, 1.54) is 12.1 Å². The molecule has 0 amide bonds. The van der Waals surface area contributed by atoms with Crippen LogP contribution in [0, 0.1) is 12.7 Å². The summed E-state index contributed by atoms with van der Waals surface area (Å²) >= 11 is 0. The summed E-state index contributed by atoms with van der Waals surface area (Å²) in [5, 5.41) is 16.2. The molecule has 0 radical (unpaired) electrons. The molecule has 3 aromatic rings. The van der Waals surface area contributed by atoms with E-state index in [9.17, 15) is 14.3 Å². The normalized spacial score (nSPS) is 12.7. The molecule has 1 aliphatic heterocycles. The number of rotatable bonds is 6. The standard InChI is InChI=1S/C25H27FN4O2/c1-4-30(5-2)14-16-6-7-19-17(11-16)12-23(32)24-20(8-9-27-25(24)29-19)28-21-13-22(31)15(3)10-18(21)26/h6-11,13,31H,4-5,12,14H2,1-3H3,(H2,27,28,29). The number of nitrogens with one attached hydrogen (secondary N) is 2. The number of anilines is 4. The van der Waals surface area contributed by atoms with Gasteiger partial charge in [0.05, 0.1) is 16.9 Å². The van der Waals surface area contributed by atoms with Crippen molar-refractivity contribution in [3.05, 3.63) is 70.7 Å². The minimum absolute atomic E-state index is 0.0216. The third-order valence-corrected chi connectivity index (χ3v) is 5.86. The monoisotopic (exact) mass is 434 g/mol. The second-order valence-electron chi connectivity index (χ2n) is 8.00. The molecule has 2 heterocycles. The fraction of sp³-hybridized carbons (Fsp3) is 0.280. The van der Waals surface area contributed by atoms with Crippen molar-refractivity contribution >= 4 is 28.7 Å². The lowest BCUT2D eigenvalue weighted by molar-refractivity contribution is 0.0995. The molecule has 2 aromatic carbocycles. The maximum atomic E-state index is 14.5. The number of phenolic OH excluding ortho intramolecular Hbond substituents is 1. The van der Waals surface area contributed by atoms with Crippen LogP contribution in [-0.2, 0) is 13.0 Å². The Balaban J connectivity index is 1.67. The van der Waals surface area contributed by atoms with E-state index in [1.807, 2.05) is 6.07 Å². The molecule has 0 atom stereocenters. The van der Waals surface area contributed by atoms with Crippen molar-refractivity contribution in [2.75, 3.05) is 23.7 Å². The van der Waals surface area contributed by atoms with Gasteiger partial charge in [-0.3, -0.25) is 9.69 Å². The number of carbonyl (C=O) groups excluding carboxylic acids is 1. The van der Waals surface area contributed by atoms with Gasteiger partial charge in [-0.2, -0.15) is 0 Å². The Hall–Kier alpha value is -3.45. The Morgan fingerprint density at radius 2 is 1.94 bits per heavy atom. The fourth-order valence-corrected chi connectivity index (χ4v) is 3.95. The van der Waals surface area contributed by atoms with Crippen LogP contribution in [0.1, 0.15) is 40.9 Å². The number of carbonyl (C=O) groups is 1. The van der Waals surface area contributed by atoms with Gasteiger partial charge < -0.3 is 15.7 Å². The highest BCUT2D eigenvalue weighted by Crippen LogP contribution is 2.35. The van der Waals surface area contributed by atoms with Gasteiger partial charge in [0, 0.05) is 30.9 Å². The lowest BCUT2D eigenvalue weighted by Gasteiger charge is -2.19. The minimum Gasteiger partial charge on any atom is -0.508 e. The van der Waals surface area contributed by atoms with Gasteiger partial charge in [-0.1, -0.05) is 26.0 Å². The first-order valence-corrected chi connectivity index (χ1v) is 10.8. The summed E-state index contributed by atoms with van der Waals surface area (Å²) in [5.41, 5.74) is 4.23. The summed E-state index contributed by atoms with van der Waals surface area (Å²) < 4.78 is 14.5. The Morgan fingerprint density at radius 3 is 2.69 bits per heavy atom. The minimum atomic E-state index is -0.510. The number of aromatic nitrogens is 1. The number of aromatic hydroxyl groups is 1. The van der Waals surface area contributed by atoms with Crippen LogP contribution in [0.25, 0.3) is 0 Å². The van der Waals surface area contributed by atoms with E-state index >= 15 is 0 Å². The molecule has 0 saturated heterocycles. The van der Waals surface area contributed by atoms with Crippen molar-refractivity contribution in [1.82, 2.24) is 9.88 Å². The zero-order valence-electron chi connectivity index (χ0n) is 18.5. The predicted octanol–water partition coefficient (Wildman–Crippen LogP) is 5.30. The number of aryl methyl sites for hydroxylation is 1. The quantitative estimate of drug-likeness (QED) is 0.489. The zero-order valence-corrected chi connectivity index (χ0v) is 18.5. The maximum absolute atomic E-state index is 14.5. The highest BCUT2D eigenvalue weighted by Gasteiger charge is 2.24. The van der Waals surface area contributed by atoms with Gasteiger partial charge in [-0.25, -0.2) is 9.37 Å². The molecule has 1 aromatic heterocycles. The van der Waals surface area contributed by atoms with Crippen LogP contribution in [-0.4, -0.2) is 33.9 Å². The summed E-state index contributed by atoms with van der Waals surface area (Å²) in [7, 11) is 0. The summed E-state index contributed by atoms with van der Waals surface area (Å²) in [5.74, 6) is -0.221. The van der Waals surface area contributed by atoms with Crippen LogP contribution < -0.4 is 10.6 Å². The Morgan fingerprint density at radius 1 is 1.16 bits per heavy atom. The molecule has 7 heteroatoms. The molecular formula is C25H27FN4O2. The number of Topliss-reactive ketones (excluding diaryl/α,β-unsaturated/α-hetero) is 1. The molecule has 1 aliphatic rings. The molecule has 32 heavy (non-hydrogen) atoms. The van der Waals surface area contributed by atoms with Gasteiger partial charge >= 0.3 is 0 Å². The van der Waals surface area contributed by atoms with Crippen LogP contribution in [0.2, 0.25) is 0 Å². The van der Waals surface area contributed by atoms with Crippen molar-refractivity contribution in [3.63, 3.8) is 0 Å². The van der Waals surface area contributed by atoms with Crippen LogP contribution in [0.15, 0.2) is 42.6 Å². The fourth-order valence-electron chi connectivity index (χ4n) is 3.95. The zero-order chi connectivity index (χ0) is 22.8. The number of phenols is 1. The second kappa shape index (κ2) is 8.96. The molecule has 166 valence electrons. The van der Waals surface area contributed by atoms with Gasteiger partial charge in [0.2, 0.25) is 0 Å². The molecule has 4 rings (SSSR count). The predicted molar refractivity (Wildman–Crippen MR) is 125 cm³/mol. The highest BCUT2D eigenvalue weighted by molar-refractivity contribution is 6.09. The molecular weight excluding hydrogens is 407 g/mol. The number of fused-ring (bicyclic) bond motifs is 2. The van der Waals surface area contributed by atoms with Gasteiger partial charge in [0.1, 0.15) is 17.4 Å². The van der Waals surface area contributed by atoms with E-state index in [2.05, 4.69) is 46.5 Å². The third-order valence-electron chi connectivity index (χ3n) is 5.86. The van der Waals surface area contributed by atoms with Crippen molar-refractivity contribution in [1.29, 1.82) is 0 Å². The number of hydrogen-bond acceptors (Lipinski definition) is 6. The summed E-state index contributed by atoms with van der Waals surface area (Å²) in [4.78, 5) is 19.9. The number of pyridine rings is 1. The first-order chi connectivity index (χ1) is 15.4. The number of nitrogens with zero attached hydrogens (tertiary/aromatic N) is 2. The number of hydrogen-bond donors (Lipinski definition) is 3. The lowest BCUT2D eigenvalue weighted by Crippen LogP contribution is -2.22. The highest BCUT2D eigenvalue weighted by atomic mass is 19.1. The Bertz CT molecular complexity index is 1170. The van der Waals surface area contributed by atoms with Crippen molar-refractivity contribution in [2.24, 2.45) is 0 Å². The second-order valence-corrected chi connectivity index (χ2v) is 8.00. The first-order valence-electron chi connectivity index (χ1n) is 10.8. The van der Waals surface area contributed by atoms with Crippen LogP contribution in [0.5, 0.6) is 5.75 Å². The maximum Gasteiger partial charge on any atom is 0.173 e. The Kier molecular flexibility index (Phi) is 6.10. The lowest BCUT2D eigenvalue weighted by atomic mass is 10.0. The van der Waals surface area contributed by atoms with E-state index in [0.717, 1.165) is 36.4 Å². The average Bonchev–Trinajstić information content (AvgIpc) is 2.91. The van der Waals surface area contributed by atoms with E-state index in [-0.39, 0.29) is 23.6 Å². The number of benzene rings is 2. The molecule has 0 unspecified atom stereocenters. The first kappa shape index (κ1) is 21.8. The topological polar surface area (TPSA) is 77.5 Å². The van der Waals surface area contributed by atoms with Crippen molar-refractivity contribution in [3.8, 4) is 5.75 Å². The van der Waals surface area contributed by atoms with Crippen molar-refractivity contribution < 1.29 is 14.3 Å². The summed E-state index contributed by atoms with van der Waals surface area (Å²) in [6, 6.07) is 10.3. The Labute approximate surface area is 187 Å². The molecule has 0 saturated carbocycles. The number of halogens is 1.